The van der Waals surface area contributed by atoms with Gasteiger partial charge < -0.3 is 10.2 Å². The molecule has 1 aliphatic rings. The lowest BCUT2D eigenvalue weighted by atomic mass is 10.00. The lowest BCUT2D eigenvalue weighted by Crippen LogP contribution is -2.46. The average Bonchev–Trinajstić information content (AvgIpc) is 3.17. The highest BCUT2D eigenvalue weighted by atomic mass is 15.3. The van der Waals surface area contributed by atoms with Gasteiger partial charge in [-0.1, -0.05) is 17.7 Å². The Morgan fingerprint density at radius 3 is 2.93 bits per heavy atom. The molecule has 1 aromatic carbocycles. The molecule has 140 valence electrons. The number of hydrogen-bond acceptors (Lipinski definition) is 5. The van der Waals surface area contributed by atoms with Gasteiger partial charge in [-0.3, -0.25) is 5.10 Å². The maximum absolute atomic E-state index is 4.39. The Hall–Kier alpha value is -2.73. The summed E-state index contributed by atoms with van der Waals surface area (Å²) in [6.07, 6.45) is 7.86. The van der Waals surface area contributed by atoms with Crippen molar-refractivity contribution in [2.75, 3.05) is 18.0 Å². The van der Waals surface area contributed by atoms with Crippen LogP contribution in [0, 0.1) is 13.8 Å². The zero-order valence-electron chi connectivity index (χ0n) is 15.9. The molecule has 1 saturated heterocycles. The van der Waals surface area contributed by atoms with Crippen LogP contribution < -0.4 is 10.2 Å². The number of aromatic nitrogens is 4. The molecule has 0 spiro atoms. The van der Waals surface area contributed by atoms with Crippen LogP contribution in [0.3, 0.4) is 0 Å². The van der Waals surface area contributed by atoms with Gasteiger partial charge in [0.05, 0.1) is 11.9 Å². The molecule has 2 N–H and O–H groups in total. The normalized spacial score (nSPS) is 17.3. The van der Waals surface area contributed by atoms with Gasteiger partial charge in [-0.15, -0.1) is 0 Å². The number of H-pyrrole nitrogens is 1. The Kier molecular flexibility index (Phi) is 5.16. The van der Waals surface area contributed by atoms with Crippen LogP contribution in [0.4, 0.5) is 5.95 Å². The van der Waals surface area contributed by atoms with Crippen molar-refractivity contribution in [3.8, 4) is 11.3 Å². The number of aromatic amines is 1. The standard InChI is InChI=1S/C21H26N6/c1-15-6-7-16(2)19(11-15)20-17(13-25-26-20)12-24-18-5-3-10-27(14-18)21-22-8-4-9-23-21/h4,6-9,11,13,18,24H,3,5,10,12,14H2,1-2H3,(H,25,26). The first-order chi connectivity index (χ1) is 13.2. The van der Waals surface area contributed by atoms with E-state index in [4.69, 9.17) is 0 Å². The fourth-order valence-electron chi connectivity index (χ4n) is 3.72. The van der Waals surface area contributed by atoms with Crippen LogP contribution in [0.2, 0.25) is 0 Å². The maximum Gasteiger partial charge on any atom is 0.225 e. The van der Waals surface area contributed by atoms with Gasteiger partial charge in [0.2, 0.25) is 5.95 Å². The Labute approximate surface area is 160 Å². The number of anilines is 1. The Bertz CT molecular complexity index is 889. The van der Waals surface area contributed by atoms with Crippen LogP contribution in [0.1, 0.15) is 29.5 Å². The highest BCUT2D eigenvalue weighted by Crippen LogP contribution is 2.26. The molecule has 2 aromatic heterocycles. The fourth-order valence-corrected chi connectivity index (χ4v) is 3.72. The van der Waals surface area contributed by atoms with Gasteiger partial charge in [0.15, 0.2) is 0 Å². The van der Waals surface area contributed by atoms with E-state index in [1.165, 1.54) is 28.7 Å². The molecule has 27 heavy (non-hydrogen) atoms. The van der Waals surface area contributed by atoms with Gasteiger partial charge >= 0.3 is 0 Å². The molecular weight excluding hydrogens is 336 g/mol. The molecule has 1 unspecified atom stereocenters. The first kappa shape index (κ1) is 17.7. The summed E-state index contributed by atoms with van der Waals surface area (Å²) >= 11 is 0. The molecule has 0 saturated carbocycles. The summed E-state index contributed by atoms with van der Waals surface area (Å²) in [7, 11) is 0. The summed E-state index contributed by atoms with van der Waals surface area (Å²) in [6, 6.07) is 8.82. The molecule has 1 atom stereocenters. The third-order valence-electron chi connectivity index (χ3n) is 5.22. The van der Waals surface area contributed by atoms with E-state index in [2.05, 4.69) is 62.4 Å². The number of nitrogens with one attached hydrogen (secondary N) is 2. The number of aryl methyl sites for hydroxylation is 2. The first-order valence-corrected chi connectivity index (χ1v) is 9.56. The summed E-state index contributed by atoms with van der Waals surface area (Å²) in [4.78, 5) is 11.0. The molecule has 6 nitrogen and oxygen atoms in total. The second kappa shape index (κ2) is 7.88. The van der Waals surface area contributed by atoms with Crippen molar-refractivity contribution >= 4 is 5.95 Å². The lowest BCUT2D eigenvalue weighted by molar-refractivity contribution is 0.418. The molecule has 1 aliphatic heterocycles. The largest absolute Gasteiger partial charge is 0.339 e. The average molecular weight is 362 g/mol. The first-order valence-electron chi connectivity index (χ1n) is 9.56. The van der Waals surface area contributed by atoms with Crippen LogP contribution >= 0.6 is 0 Å². The van der Waals surface area contributed by atoms with Gasteiger partial charge in [-0.25, -0.2) is 9.97 Å². The molecular formula is C21H26N6. The van der Waals surface area contributed by atoms with Crippen LogP contribution in [0.25, 0.3) is 11.3 Å². The summed E-state index contributed by atoms with van der Waals surface area (Å²) in [6.45, 7) is 7.01. The summed E-state index contributed by atoms with van der Waals surface area (Å²) in [5, 5.41) is 11.2. The number of rotatable bonds is 5. The van der Waals surface area contributed by atoms with Gasteiger partial charge in [-0.2, -0.15) is 5.10 Å². The Balaban J connectivity index is 1.44. The van der Waals surface area contributed by atoms with Crippen LogP contribution in [-0.2, 0) is 6.54 Å². The molecule has 3 heterocycles. The van der Waals surface area contributed by atoms with E-state index < -0.39 is 0 Å². The van der Waals surface area contributed by atoms with Gasteiger partial charge in [-0.05, 0) is 44.4 Å². The van der Waals surface area contributed by atoms with E-state index in [-0.39, 0.29) is 0 Å². The molecule has 0 bridgehead atoms. The Morgan fingerprint density at radius 2 is 2.07 bits per heavy atom. The third kappa shape index (κ3) is 4.01. The molecule has 0 aliphatic carbocycles. The topological polar surface area (TPSA) is 69.7 Å². The minimum absolute atomic E-state index is 0.420. The highest BCUT2D eigenvalue weighted by molar-refractivity contribution is 5.67. The molecule has 4 rings (SSSR count). The Morgan fingerprint density at radius 1 is 1.22 bits per heavy atom. The maximum atomic E-state index is 4.39. The highest BCUT2D eigenvalue weighted by Gasteiger charge is 2.22. The fraction of sp³-hybridized carbons (Fsp3) is 0.381. The van der Waals surface area contributed by atoms with Gasteiger partial charge in [0, 0.05) is 49.2 Å². The summed E-state index contributed by atoms with van der Waals surface area (Å²) in [5.41, 5.74) is 6.07. The predicted octanol–water partition coefficient (Wildman–Crippen LogP) is 3.24. The molecule has 6 heteroatoms. The van der Waals surface area contributed by atoms with E-state index in [1.807, 2.05) is 12.3 Å². The van der Waals surface area contributed by atoms with Crippen LogP contribution in [-0.4, -0.2) is 39.3 Å². The van der Waals surface area contributed by atoms with Gasteiger partial charge in [0.1, 0.15) is 0 Å². The zero-order valence-corrected chi connectivity index (χ0v) is 15.9. The van der Waals surface area contributed by atoms with Crippen LogP contribution in [0.15, 0.2) is 42.9 Å². The third-order valence-corrected chi connectivity index (χ3v) is 5.22. The van der Waals surface area contributed by atoms with E-state index in [0.29, 0.717) is 6.04 Å². The quantitative estimate of drug-likeness (QED) is 0.729. The molecule has 0 radical (unpaired) electrons. The monoisotopic (exact) mass is 362 g/mol. The van der Waals surface area contributed by atoms with E-state index in [1.54, 1.807) is 12.4 Å². The number of hydrogen-bond donors (Lipinski definition) is 2. The number of piperidine rings is 1. The second-order valence-electron chi connectivity index (χ2n) is 7.30. The van der Waals surface area contributed by atoms with Crippen molar-refractivity contribution in [1.29, 1.82) is 0 Å². The lowest BCUT2D eigenvalue weighted by Gasteiger charge is -2.33. The molecule has 0 amide bonds. The molecule has 3 aromatic rings. The van der Waals surface area contributed by atoms with Crippen molar-refractivity contribution in [1.82, 2.24) is 25.5 Å². The number of nitrogens with zero attached hydrogens (tertiary/aromatic N) is 4. The zero-order chi connectivity index (χ0) is 18.6. The molecule has 1 fully saturated rings. The van der Waals surface area contributed by atoms with Crippen molar-refractivity contribution < 1.29 is 0 Å². The summed E-state index contributed by atoms with van der Waals surface area (Å²) < 4.78 is 0. The predicted molar refractivity (Wildman–Crippen MR) is 108 cm³/mol. The van der Waals surface area contributed by atoms with E-state index in [0.717, 1.165) is 37.7 Å². The van der Waals surface area contributed by atoms with E-state index >= 15 is 0 Å². The summed E-state index contributed by atoms with van der Waals surface area (Å²) in [5.74, 6) is 0.823. The smallest absolute Gasteiger partial charge is 0.225 e. The SMILES string of the molecule is Cc1ccc(C)c(-c2[nH]ncc2CNC2CCCN(c3ncccn3)C2)c1. The van der Waals surface area contributed by atoms with Crippen molar-refractivity contribution in [2.45, 2.75) is 39.3 Å². The van der Waals surface area contributed by atoms with Crippen molar-refractivity contribution in [2.24, 2.45) is 0 Å². The van der Waals surface area contributed by atoms with E-state index in [9.17, 15) is 0 Å². The number of benzene rings is 1. The van der Waals surface area contributed by atoms with Gasteiger partial charge in [0.25, 0.3) is 0 Å². The van der Waals surface area contributed by atoms with Crippen molar-refractivity contribution in [3.63, 3.8) is 0 Å². The van der Waals surface area contributed by atoms with Crippen molar-refractivity contribution in [3.05, 3.63) is 59.5 Å². The second-order valence-corrected chi connectivity index (χ2v) is 7.30. The van der Waals surface area contributed by atoms with Crippen LogP contribution in [0.5, 0.6) is 0 Å². The minimum Gasteiger partial charge on any atom is -0.339 e. The minimum atomic E-state index is 0.420.